The first-order chi connectivity index (χ1) is 17.5. The normalized spacial score (nSPS) is 11.3. The molecule has 0 saturated carbocycles. The molecule has 0 aliphatic rings. The van der Waals surface area contributed by atoms with E-state index in [4.69, 9.17) is 16.7 Å². The number of unbranched alkanes of at least 4 members (excludes halogenated alkanes) is 2. The largest absolute Gasteiger partial charge is 0.322 e. The molecule has 1 aromatic heterocycles. The van der Waals surface area contributed by atoms with Gasteiger partial charge in [0, 0.05) is 23.7 Å². The number of amides is 3. The SMILES string of the molecule is CCCCCN(CC(=O)Nc1cc(C(C)(C)C)nn1-c1ccccc1Cl)C(=O)Nc1c(C)cccc1C. The molecule has 1 heterocycles. The molecule has 0 aliphatic heterocycles. The number of para-hydroxylation sites is 2. The summed E-state index contributed by atoms with van der Waals surface area (Å²) in [5.74, 6) is 0.202. The summed E-state index contributed by atoms with van der Waals surface area (Å²) >= 11 is 6.46. The van der Waals surface area contributed by atoms with Crippen LogP contribution in [0.4, 0.5) is 16.3 Å². The van der Waals surface area contributed by atoms with Crippen LogP contribution in [0.5, 0.6) is 0 Å². The van der Waals surface area contributed by atoms with E-state index in [0.29, 0.717) is 23.1 Å². The van der Waals surface area contributed by atoms with Gasteiger partial charge < -0.3 is 15.5 Å². The van der Waals surface area contributed by atoms with Crippen molar-refractivity contribution in [2.75, 3.05) is 23.7 Å². The Morgan fingerprint density at radius 3 is 2.30 bits per heavy atom. The number of aromatic nitrogens is 2. The predicted octanol–water partition coefficient (Wildman–Crippen LogP) is 7.10. The fourth-order valence-electron chi connectivity index (χ4n) is 4.00. The van der Waals surface area contributed by atoms with Gasteiger partial charge in [0.1, 0.15) is 12.4 Å². The monoisotopic (exact) mass is 523 g/mol. The highest BCUT2D eigenvalue weighted by Crippen LogP contribution is 2.29. The van der Waals surface area contributed by atoms with Crippen LogP contribution >= 0.6 is 11.6 Å². The molecule has 2 aromatic carbocycles. The van der Waals surface area contributed by atoms with Gasteiger partial charge in [-0.25, -0.2) is 9.48 Å². The number of hydrogen-bond donors (Lipinski definition) is 2. The smallest absolute Gasteiger partial charge is 0.315 e. The maximum Gasteiger partial charge on any atom is 0.322 e. The Morgan fingerprint density at radius 2 is 1.68 bits per heavy atom. The highest BCUT2D eigenvalue weighted by Gasteiger charge is 2.24. The molecule has 37 heavy (non-hydrogen) atoms. The summed E-state index contributed by atoms with van der Waals surface area (Å²) in [7, 11) is 0. The quantitative estimate of drug-likeness (QED) is 0.293. The molecule has 0 bridgehead atoms. The molecule has 3 aromatic rings. The standard InChI is InChI=1S/C29H38ClN5O2/c1-7-8-11-17-34(28(37)32-27-20(2)13-12-14-21(27)3)19-26(36)31-25-18-24(29(4,5)6)33-35(25)23-16-10-9-15-22(23)30/h9-10,12-16,18H,7-8,11,17,19H2,1-6H3,(H,31,36)(H,32,37). The number of aryl methyl sites for hydroxylation is 2. The first kappa shape index (κ1) is 28.3. The van der Waals surface area contributed by atoms with Gasteiger partial charge >= 0.3 is 6.03 Å². The number of urea groups is 1. The number of hydrogen-bond acceptors (Lipinski definition) is 3. The van der Waals surface area contributed by atoms with Crippen LogP contribution in [0.1, 0.15) is 63.8 Å². The Kier molecular flexibility index (Phi) is 9.38. The molecule has 3 amide bonds. The maximum atomic E-state index is 13.3. The van der Waals surface area contributed by atoms with E-state index in [9.17, 15) is 9.59 Å². The number of anilines is 2. The number of halogens is 1. The van der Waals surface area contributed by atoms with Crippen molar-refractivity contribution in [3.05, 3.63) is 70.4 Å². The van der Waals surface area contributed by atoms with Crippen molar-refractivity contribution in [1.82, 2.24) is 14.7 Å². The van der Waals surface area contributed by atoms with Crippen molar-refractivity contribution in [2.24, 2.45) is 0 Å². The summed E-state index contributed by atoms with van der Waals surface area (Å²) in [5.41, 5.74) is 3.98. The average Bonchev–Trinajstić information content (AvgIpc) is 3.25. The van der Waals surface area contributed by atoms with E-state index in [0.717, 1.165) is 41.8 Å². The van der Waals surface area contributed by atoms with Crippen molar-refractivity contribution in [1.29, 1.82) is 0 Å². The van der Waals surface area contributed by atoms with Crippen LogP contribution in [0, 0.1) is 13.8 Å². The van der Waals surface area contributed by atoms with Gasteiger partial charge in [-0.05, 0) is 43.5 Å². The first-order valence-electron chi connectivity index (χ1n) is 12.8. The lowest BCUT2D eigenvalue weighted by Gasteiger charge is -2.24. The van der Waals surface area contributed by atoms with Gasteiger partial charge in [0.15, 0.2) is 0 Å². The minimum absolute atomic E-state index is 0.0843. The lowest BCUT2D eigenvalue weighted by molar-refractivity contribution is -0.116. The molecule has 0 atom stereocenters. The van der Waals surface area contributed by atoms with Crippen LogP contribution < -0.4 is 10.6 Å². The Balaban J connectivity index is 1.84. The van der Waals surface area contributed by atoms with E-state index in [1.54, 1.807) is 15.6 Å². The third kappa shape index (κ3) is 7.35. The van der Waals surface area contributed by atoms with Crippen molar-refractivity contribution >= 4 is 35.0 Å². The van der Waals surface area contributed by atoms with Crippen LogP contribution in [-0.4, -0.2) is 39.7 Å². The van der Waals surface area contributed by atoms with E-state index in [2.05, 4.69) is 38.3 Å². The molecule has 0 saturated heterocycles. The van der Waals surface area contributed by atoms with Crippen LogP contribution in [0.15, 0.2) is 48.5 Å². The van der Waals surface area contributed by atoms with Gasteiger partial charge in [-0.1, -0.05) is 82.5 Å². The lowest BCUT2D eigenvalue weighted by atomic mass is 9.92. The summed E-state index contributed by atoms with van der Waals surface area (Å²) in [5, 5.41) is 11.3. The second-order valence-electron chi connectivity index (χ2n) is 10.4. The van der Waals surface area contributed by atoms with Crippen molar-refractivity contribution in [3.8, 4) is 5.69 Å². The second-order valence-corrected chi connectivity index (χ2v) is 10.8. The number of benzene rings is 2. The molecule has 0 radical (unpaired) electrons. The van der Waals surface area contributed by atoms with Gasteiger partial charge in [0.05, 0.1) is 16.4 Å². The van der Waals surface area contributed by atoms with Crippen molar-refractivity contribution in [2.45, 2.75) is 66.2 Å². The summed E-state index contributed by atoms with van der Waals surface area (Å²) in [6.45, 7) is 12.6. The Morgan fingerprint density at radius 1 is 1.00 bits per heavy atom. The fraction of sp³-hybridized carbons (Fsp3) is 0.414. The Labute approximate surface area is 225 Å². The average molecular weight is 524 g/mol. The molecule has 198 valence electrons. The lowest BCUT2D eigenvalue weighted by Crippen LogP contribution is -2.41. The first-order valence-corrected chi connectivity index (χ1v) is 13.2. The van der Waals surface area contributed by atoms with Crippen LogP contribution in [0.3, 0.4) is 0 Å². The van der Waals surface area contributed by atoms with E-state index in [-0.39, 0.29) is 23.9 Å². The fourth-order valence-corrected chi connectivity index (χ4v) is 4.22. The zero-order valence-electron chi connectivity index (χ0n) is 22.7. The predicted molar refractivity (Wildman–Crippen MR) is 152 cm³/mol. The summed E-state index contributed by atoms with van der Waals surface area (Å²) in [4.78, 5) is 28.1. The zero-order chi connectivity index (χ0) is 27.2. The van der Waals surface area contributed by atoms with Gasteiger partial charge in [0.2, 0.25) is 5.91 Å². The molecule has 3 rings (SSSR count). The second kappa shape index (κ2) is 12.3. The number of rotatable bonds is 9. The molecule has 0 aliphatic carbocycles. The molecule has 7 nitrogen and oxygen atoms in total. The summed E-state index contributed by atoms with van der Waals surface area (Å²) < 4.78 is 1.65. The van der Waals surface area contributed by atoms with Crippen molar-refractivity contribution in [3.63, 3.8) is 0 Å². The summed E-state index contributed by atoms with van der Waals surface area (Å²) in [6.07, 6.45) is 2.81. The molecular weight excluding hydrogens is 486 g/mol. The van der Waals surface area contributed by atoms with E-state index in [1.807, 2.05) is 56.3 Å². The number of nitrogens with one attached hydrogen (secondary N) is 2. The molecule has 2 N–H and O–H groups in total. The molecule has 0 unspecified atom stereocenters. The Bertz CT molecular complexity index is 1230. The zero-order valence-corrected chi connectivity index (χ0v) is 23.4. The molecule has 0 fully saturated rings. The molecule has 0 spiro atoms. The minimum Gasteiger partial charge on any atom is -0.315 e. The molecular formula is C29H38ClN5O2. The third-order valence-corrected chi connectivity index (χ3v) is 6.51. The van der Waals surface area contributed by atoms with Gasteiger partial charge in [-0.2, -0.15) is 5.10 Å². The number of nitrogens with zero attached hydrogens (tertiary/aromatic N) is 3. The third-order valence-electron chi connectivity index (χ3n) is 6.19. The van der Waals surface area contributed by atoms with Crippen LogP contribution in [0.25, 0.3) is 5.69 Å². The summed E-state index contributed by atoms with van der Waals surface area (Å²) in [6, 6.07) is 14.8. The molecule has 8 heteroatoms. The highest BCUT2D eigenvalue weighted by molar-refractivity contribution is 6.32. The van der Waals surface area contributed by atoms with Gasteiger partial charge in [0.25, 0.3) is 0 Å². The van der Waals surface area contributed by atoms with Crippen molar-refractivity contribution < 1.29 is 9.59 Å². The van der Waals surface area contributed by atoms with E-state index in [1.165, 1.54) is 0 Å². The number of carbonyl (C=O) groups is 2. The van der Waals surface area contributed by atoms with Crippen LogP contribution in [-0.2, 0) is 10.2 Å². The van der Waals surface area contributed by atoms with Gasteiger partial charge in [-0.3, -0.25) is 4.79 Å². The van der Waals surface area contributed by atoms with Gasteiger partial charge in [-0.15, -0.1) is 0 Å². The Hall–Kier alpha value is -3.32. The maximum absolute atomic E-state index is 13.3. The van der Waals surface area contributed by atoms with Crippen LogP contribution in [0.2, 0.25) is 5.02 Å². The number of carbonyl (C=O) groups excluding carboxylic acids is 2. The topological polar surface area (TPSA) is 79.3 Å². The minimum atomic E-state index is -0.304. The van der Waals surface area contributed by atoms with E-state index < -0.39 is 0 Å². The highest BCUT2D eigenvalue weighted by atomic mass is 35.5. The van der Waals surface area contributed by atoms with E-state index >= 15 is 0 Å².